The fourth-order valence-electron chi connectivity index (χ4n) is 1.48. The molecular formula is C10H6N6O. The molecule has 3 rings (SSSR count). The first kappa shape index (κ1) is 9.35. The molecule has 0 spiro atoms. The van der Waals surface area contributed by atoms with E-state index in [-0.39, 0.29) is 11.6 Å². The number of anilines is 1. The maximum Gasteiger partial charge on any atom is 0.224 e. The third kappa shape index (κ3) is 1.39. The molecule has 3 aromatic rings. The Labute approximate surface area is 95.1 Å². The molecule has 0 fully saturated rings. The normalized spacial score (nSPS) is 10.5. The van der Waals surface area contributed by atoms with Crippen molar-refractivity contribution < 1.29 is 4.42 Å². The van der Waals surface area contributed by atoms with Gasteiger partial charge in [0, 0.05) is 6.07 Å². The molecule has 0 saturated carbocycles. The molecule has 0 amide bonds. The Kier molecular flexibility index (Phi) is 1.82. The maximum atomic E-state index is 8.77. The van der Waals surface area contributed by atoms with E-state index >= 15 is 0 Å². The van der Waals surface area contributed by atoms with E-state index in [1.54, 1.807) is 12.1 Å². The Morgan fingerprint density at radius 2 is 2.29 bits per heavy atom. The second kappa shape index (κ2) is 3.31. The third-order valence-electron chi connectivity index (χ3n) is 2.21. The molecule has 2 N–H and O–H groups in total. The summed E-state index contributed by atoms with van der Waals surface area (Å²) in [6.07, 6.45) is 1.53. The molecule has 0 radical (unpaired) electrons. The van der Waals surface area contributed by atoms with E-state index < -0.39 is 0 Å². The van der Waals surface area contributed by atoms with Crippen LogP contribution in [0.2, 0.25) is 0 Å². The summed E-state index contributed by atoms with van der Waals surface area (Å²) in [5.41, 5.74) is 6.33. The summed E-state index contributed by atoms with van der Waals surface area (Å²) in [4.78, 5) is 8.07. The highest BCUT2D eigenvalue weighted by molar-refractivity contribution is 5.55. The zero-order chi connectivity index (χ0) is 11.8. The van der Waals surface area contributed by atoms with Crippen LogP contribution in [0.1, 0.15) is 5.69 Å². The largest absolute Gasteiger partial charge is 0.461 e. The maximum absolute atomic E-state index is 8.77. The standard InChI is InChI=1S/C10H6N6O/c11-5-6-4-8-14-9(7-2-1-3-17-7)15-16(8)10(12)13-6/h1-4H,(H2,12,13). The van der Waals surface area contributed by atoms with Crippen molar-refractivity contribution in [2.45, 2.75) is 0 Å². The molecule has 3 aromatic heterocycles. The van der Waals surface area contributed by atoms with E-state index in [9.17, 15) is 0 Å². The van der Waals surface area contributed by atoms with Gasteiger partial charge in [-0.25, -0.2) is 9.97 Å². The van der Waals surface area contributed by atoms with Crippen LogP contribution in [0.25, 0.3) is 17.2 Å². The molecule has 0 saturated heterocycles. The van der Waals surface area contributed by atoms with Crippen LogP contribution in [0.3, 0.4) is 0 Å². The lowest BCUT2D eigenvalue weighted by Gasteiger charge is -1.95. The van der Waals surface area contributed by atoms with Crippen molar-refractivity contribution >= 4 is 11.6 Å². The number of hydrogen-bond acceptors (Lipinski definition) is 6. The van der Waals surface area contributed by atoms with Gasteiger partial charge in [0.1, 0.15) is 11.8 Å². The molecule has 7 heteroatoms. The van der Waals surface area contributed by atoms with Crippen molar-refractivity contribution in [1.29, 1.82) is 5.26 Å². The van der Waals surface area contributed by atoms with E-state index in [0.29, 0.717) is 17.2 Å². The molecule has 17 heavy (non-hydrogen) atoms. The SMILES string of the molecule is N#Cc1cc2nc(-c3ccco3)nn2c(N)n1. The topological polar surface area (TPSA) is 106 Å². The molecule has 0 unspecified atom stereocenters. The van der Waals surface area contributed by atoms with Gasteiger partial charge in [-0.2, -0.15) is 9.78 Å². The van der Waals surface area contributed by atoms with Gasteiger partial charge in [0.25, 0.3) is 0 Å². The lowest BCUT2D eigenvalue weighted by atomic mass is 10.4. The number of nitrogens with two attached hydrogens (primary N) is 1. The zero-order valence-electron chi connectivity index (χ0n) is 8.53. The van der Waals surface area contributed by atoms with Crippen molar-refractivity contribution in [3.63, 3.8) is 0 Å². The van der Waals surface area contributed by atoms with Gasteiger partial charge >= 0.3 is 0 Å². The Morgan fingerprint density at radius 1 is 1.41 bits per heavy atom. The second-order valence-corrected chi connectivity index (χ2v) is 3.29. The number of rotatable bonds is 1. The Hall–Kier alpha value is -2.88. The molecular weight excluding hydrogens is 220 g/mol. The van der Waals surface area contributed by atoms with E-state index in [0.717, 1.165) is 0 Å². The van der Waals surface area contributed by atoms with E-state index in [4.69, 9.17) is 15.4 Å². The molecule has 0 aliphatic rings. The first-order valence-electron chi connectivity index (χ1n) is 4.75. The van der Waals surface area contributed by atoms with Crippen molar-refractivity contribution in [3.8, 4) is 17.7 Å². The Morgan fingerprint density at radius 3 is 3.00 bits per heavy atom. The monoisotopic (exact) mass is 226 g/mol. The summed E-state index contributed by atoms with van der Waals surface area (Å²) in [6, 6.07) is 6.90. The van der Waals surface area contributed by atoms with Crippen LogP contribution in [0.4, 0.5) is 5.95 Å². The Balaban J connectivity index is 2.26. The highest BCUT2D eigenvalue weighted by Gasteiger charge is 2.11. The summed E-state index contributed by atoms with van der Waals surface area (Å²) in [5.74, 6) is 1.05. The van der Waals surface area contributed by atoms with Gasteiger partial charge in [0.2, 0.25) is 11.8 Å². The average Bonchev–Trinajstić information content (AvgIpc) is 2.96. The van der Waals surface area contributed by atoms with Gasteiger partial charge in [0.15, 0.2) is 11.4 Å². The number of nitriles is 1. The number of fused-ring (bicyclic) bond motifs is 1. The van der Waals surface area contributed by atoms with Gasteiger partial charge in [-0.05, 0) is 12.1 Å². The van der Waals surface area contributed by atoms with E-state index in [1.807, 2.05) is 6.07 Å². The molecule has 82 valence electrons. The second-order valence-electron chi connectivity index (χ2n) is 3.29. The zero-order valence-corrected chi connectivity index (χ0v) is 8.53. The van der Waals surface area contributed by atoms with Gasteiger partial charge < -0.3 is 10.2 Å². The smallest absolute Gasteiger partial charge is 0.224 e. The van der Waals surface area contributed by atoms with Crippen LogP contribution in [-0.2, 0) is 0 Å². The minimum absolute atomic E-state index is 0.115. The summed E-state index contributed by atoms with van der Waals surface area (Å²) >= 11 is 0. The minimum atomic E-state index is 0.115. The first-order valence-corrected chi connectivity index (χ1v) is 4.75. The summed E-state index contributed by atoms with van der Waals surface area (Å²) < 4.78 is 6.54. The van der Waals surface area contributed by atoms with Crippen molar-refractivity contribution in [2.24, 2.45) is 0 Å². The third-order valence-corrected chi connectivity index (χ3v) is 2.21. The van der Waals surface area contributed by atoms with Crippen LogP contribution < -0.4 is 5.73 Å². The fourth-order valence-corrected chi connectivity index (χ4v) is 1.48. The van der Waals surface area contributed by atoms with E-state index in [2.05, 4.69) is 15.1 Å². The summed E-state index contributed by atoms with van der Waals surface area (Å²) in [7, 11) is 0. The van der Waals surface area contributed by atoms with Crippen molar-refractivity contribution in [3.05, 3.63) is 30.2 Å². The fraction of sp³-hybridized carbons (Fsp3) is 0. The Bertz CT molecular complexity index is 721. The van der Waals surface area contributed by atoms with Crippen molar-refractivity contribution in [2.75, 3.05) is 5.73 Å². The van der Waals surface area contributed by atoms with Crippen LogP contribution in [-0.4, -0.2) is 19.6 Å². The predicted octanol–water partition coefficient (Wildman–Crippen LogP) is 0.838. The van der Waals surface area contributed by atoms with Crippen LogP contribution in [0.15, 0.2) is 28.9 Å². The lowest BCUT2D eigenvalue weighted by molar-refractivity contribution is 0.577. The number of nitrogens with zero attached hydrogens (tertiary/aromatic N) is 5. The van der Waals surface area contributed by atoms with Crippen LogP contribution in [0, 0.1) is 11.3 Å². The molecule has 7 nitrogen and oxygen atoms in total. The number of hydrogen-bond donors (Lipinski definition) is 1. The van der Waals surface area contributed by atoms with Gasteiger partial charge in [-0.15, -0.1) is 5.10 Å². The molecule has 0 atom stereocenters. The average molecular weight is 226 g/mol. The quantitative estimate of drug-likeness (QED) is 0.658. The molecule has 3 heterocycles. The number of nitrogen functional groups attached to an aromatic ring is 1. The molecule has 0 bridgehead atoms. The van der Waals surface area contributed by atoms with Crippen molar-refractivity contribution in [1.82, 2.24) is 19.6 Å². The van der Waals surface area contributed by atoms with E-state index in [1.165, 1.54) is 16.8 Å². The first-order chi connectivity index (χ1) is 8.28. The van der Waals surface area contributed by atoms with Crippen LogP contribution in [0.5, 0.6) is 0 Å². The van der Waals surface area contributed by atoms with Gasteiger partial charge in [-0.1, -0.05) is 0 Å². The predicted molar refractivity (Wildman–Crippen MR) is 57.6 cm³/mol. The molecule has 0 aliphatic heterocycles. The molecule has 0 aliphatic carbocycles. The summed E-state index contributed by atoms with van der Waals surface area (Å²) in [5, 5.41) is 12.9. The lowest BCUT2D eigenvalue weighted by Crippen LogP contribution is -2.03. The van der Waals surface area contributed by atoms with Crippen LogP contribution >= 0.6 is 0 Å². The number of furan rings is 1. The summed E-state index contributed by atoms with van der Waals surface area (Å²) in [6.45, 7) is 0. The number of aromatic nitrogens is 4. The van der Waals surface area contributed by atoms with Gasteiger partial charge in [0.05, 0.1) is 6.26 Å². The minimum Gasteiger partial charge on any atom is -0.461 e. The highest BCUT2D eigenvalue weighted by atomic mass is 16.3. The highest BCUT2D eigenvalue weighted by Crippen LogP contribution is 2.17. The van der Waals surface area contributed by atoms with Gasteiger partial charge in [-0.3, -0.25) is 0 Å². The molecule has 0 aromatic carbocycles.